The molecule has 1 aliphatic carbocycles. The smallest absolute Gasteiger partial charge is 0.387 e. The van der Waals surface area contributed by atoms with Gasteiger partial charge in [0.25, 0.3) is 0 Å². The first kappa shape index (κ1) is 61.8. The van der Waals surface area contributed by atoms with Gasteiger partial charge in [0.15, 0.2) is 0 Å². The Morgan fingerprint density at radius 2 is 0.811 bits per heavy atom. The Kier molecular flexibility index (Phi) is 28.4. The highest BCUT2D eigenvalue weighted by Crippen LogP contribution is 2.58. The predicted molar refractivity (Wildman–Crippen MR) is 279 cm³/mol. The van der Waals surface area contributed by atoms with Crippen LogP contribution in [0.15, 0.2) is 121 Å². The minimum atomic E-state index is -5.32. The third-order valence-electron chi connectivity index (χ3n) is 12.0. The van der Waals surface area contributed by atoms with E-state index in [1.165, 1.54) is 0 Å². The lowest BCUT2D eigenvalue weighted by molar-refractivity contribution is -0.215. The lowest BCUT2D eigenvalue weighted by atomic mass is 9.85. The van der Waals surface area contributed by atoms with Crippen LogP contribution in [0, 0.1) is 0 Å². The molecule has 0 aliphatic heterocycles. The number of nitrogens with two attached hydrogens (primary N) is 1. The van der Waals surface area contributed by atoms with E-state index in [4.69, 9.17) is 51.4 Å². The zero-order chi connectivity index (χ0) is 52.9. The van der Waals surface area contributed by atoms with Crippen molar-refractivity contribution in [3.8, 4) is 0 Å². The van der Waals surface area contributed by atoms with E-state index in [9.17, 15) is 33.9 Å². The van der Waals surface area contributed by atoms with Gasteiger partial charge in [-0.1, -0.05) is 186 Å². The molecule has 5 rings (SSSR count). The minimum absolute atomic E-state index is 0.0260. The van der Waals surface area contributed by atoms with Gasteiger partial charge < -0.3 is 35.4 Å². The van der Waals surface area contributed by atoms with Crippen LogP contribution in [0.2, 0.25) is 0 Å². The zero-order valence-corrected chi connectivity index (χ0v) is 45.1. The third-order valence-corrected chi connectivity index (χ3v) is 15.8. The number of hydrogen-bond acceptors (Lipinski definition) is 17. The van der Waals surface area contributed by atoms with Crippen molar-refractivity contribution in [2.24, 2.45) is 5.73 Å². The molecule has 0 bridgehead atoms. The summed E-state index contributed by atoms with van der Waals surface area (Å²) in [4.78, 5) is 11.4. The molecule has 4 aromatic carbocycles. The molecule has 1 aliphatic rings. The molecule has 0 spiro atoms. The number of phosphoric acid groups is 3. The third kappa shape index (κ3) is 22.9. The van der Waals surface area contributed by atoms with E-state index in [0.717, 1.165) is 77.0 Å². The Balaban J connectivity index is 1.40. The molecule has 0 amide bonds. The second kappa shape index (κ2) is 34.0. The van der Waals surface area contributed by atoms with Crippen molar-refractivity contribution in [1.29, 1.82) is 0 Å². The first-order chi connectivity index (χ1) is 35.8. The number of benzene rings is 4. The van der Waals surface area contributed by atoms with E-state index in [-0.39, 0.29) is 33.0 Å². The highest BCUT2D eigenvalue weighted by atomic mass is 31.2. The summed E-state index contributed by atoms with van der Waals surface area (Å²) in [5.74, 6) is 0. The minimum Gasteiger partial charge on any atom is -0.387 e. The maximum absolute atomic E-state index is 14.8. The summed E-state index contributed by atoms with van der Waals surface area (Å²) < 4.78 is 102. The van der Waals surface area contributed by atoms with Crippen LogP contribution >= 0.6 is 23.5 Å². The van der Waals surface area contributed by atoms with Gasteiger partial charge in [-0.2, -0.15) is 0 Å². The van der Waals surface area contributed by atoms with Gasteiger partial charge in [-0.05, 0) is 48.1 Å². The lowest BCUT2D eigenvalue weighted by Gasteiger charge is -2.45. The molecule has 412 valence electrons. The summed E-state index contributed by atoms with van der Waals surface area (Å²) in [6.45, 7) is 1.78. The second-order valence-corrected chi connectivity index (χ2v) is 22.8. The van der Waals surface area contributed by atoms with Gasteiger partial charge in [0.1, 0.15) is 42.7 Å². The molecule has 74 heavy (non-hydrogen) atoms. The normalized spacial score (nSPS) is 20.6. The van der Waals surface area contributed by atoms with Crippen molar-refractivity contribution in [1.82, 2.24) is 0 Å². The Hall–Kier alpha value is -3.03. The fourth-order valence-corrected chi connectivity index (χ4v) is 11.5. The van der Waals surface area contributed by atoms with Crippen LogP contribution in [-0.4, -0.2) is 95.9 Å². The Morgan fingerprint density at radius 1 is 0.459 bits per heavy atom. The summed E-state index contributed by atoms with van der Waals surface area (Å²) in [6.07, 6.45) is -2.19. The first-order valence-electron chi connectivity index (χ1n) is 25.7. The molecular formula is C53H78NO17P3. The van der Waals surface area contributed by atoms with Crippen molar-refractivity contribution < 1.29 is 79.6 Å². The Labute approximate surface area is 436 Å². The molecule has 0 heterocycles. The van der Waals surface area contributed by atoms with Gasteiger partial charge in [-0.25, -0.2) is 13.7 Å². The number of unbranched alkanes of at least 4 members (excludes halogenated alkanes) is 10. The number of ether oxygens (including phenoxy) is 2. The van der Waals surface area contributed by atoms with Gasteiger partial charge in [0, 0.05) is 13.2 Å². The molecule has 6 N–H and O–H groups in total. The Morgan fingerprint density at radius 3 is 1.20 bits per heavy atom. The van der Waals surface area contributed by atoms with Crippen LogP contribution in [0.25, 0.3) is 0 Å². The first-order valence-corrected chi connectivity index (χ1v) is 30.1. The van der Waals surface area contributed by atoms with Crippen molar-refractivity contribution in [3.05, 3.63) is 144 Å². The number of hydrogen-bond donors (Lipinski definition) is 5. The molecule has 1 saturated carbocycles. The molecule has 0 aromatic heterocycles. The van der Waals surface area contributed by atoms with Gasteiger partial charge in [-0.15, -0.1) is 0 Å². The van der Waals surface area contributed by atoms with E-state index in [1.807, 2.05) is 0 Å². The number of aliphatic hydroxyl groups is 3. The zero-order valence-electron chi connectivity index (χ0n) is 42.5. The number of rotatable bonds is 39. The summed E-state index contributed by atoms with van der Waals surface area (Å²) in [5, 5.41) is 36.1. The SMILES string of the molecule is CCCCCCCCO[C@H](COCCCCCCCCN)COP(=O)(O)OC1[C@H](O)[C@H](OP(=O)(OCc2ccccc2)OCc2ccccc2)C(O)[C@H](OP(=O)(OCc2ccccc2)OCc2ccccc2)[C@H]1O. The monoisotopic (exact) mass is 1090 g/mol. The highest BCUT2D eigenvalue weighted by molar-refractivity contribution is 7.48. The summed E-state index contributed by atoms with van der Waals surface area (Å²) in [6, 6.07) is 34.5. The van der Waals surface area contributed by atoms with Crippen LogP contribution in [0.4, 0.5) is 0 Å². The maximum atomic E-state index is 14.8. The number of aliphatic hydroxyl groups excluding tert-OH is 3. The van der Waals surface area contributed by atoms with Crippen LogP contribution in [0.5, 0.6) is 0 Å². The molecule has 1 fully saturated rings. The summed E-state index contributed by atoms with van der Waals surface area (Å²) >= 11 is 0. The van der Waals surface area contributed by atoms with E-state index >= 15 is 0 Å². The van der Waals surface area contributed by atoms with Crippen LogP contribution < -0.4 is 5.73 Å². The lowest BCUT2D eigenvalue weighted by Crippen LogP contribution is -2.65. The fourth-order valence-electron chi connectivity index (χ4n) is 7.86. The highest BCUT2D eigenvalue weighted by Gasteiger charge is 2.57. The fraction of sp³-hybridized carbons (Fsp3) is 0.547. The van der Waals surface area contributed by atoms with E-state index in [0.29, 0.717) is 42.0 Å². The van der Waals surface area contributed by atoms with Gasteiger partial charge in [-0.3, -0.25) is 36.2 Å². The molecule has 3 unspecified atom stereocenters. The van der Waals surface area contributed by atoms with Crippen molar-refractivity contribution >= 4 is 23.5 Å². The molecule has 0 saturated heterocycles. The predicted octanol–water partition coefficient (Wildman–Crippen LogP) is 10.5. The average Bonchev–Trinajstić information content (AvgIpc) is 3.42. The molecule has 18 nitrogen and oxygen atoms in total. The maximum Gasteiger partial charge on any atom is 0.475 e. The average molecular weight is 1090 g/mol. The van der Waals surface area contributed by atoms with Crippen molar-refractivity contribution in [2.75, 3.05) is 33.0 Å². The quantitative estimate of drug-likeness (QED) is 0.0206. The van der Waals surface area contributed by atoms with Crippen LogP contribution in [0.1, 0.15) is 106 Å². The van der Waals surface area contributed by atoms with E-state index in [2.05, 4.69) is 6.92 Å². The summed E-state index contributed by atoms with van der Waals surface area (Å²) in [7, 11) is -15.1. The van der Waals surface area contributed by atoms with Gasteiger partial charge >= 0.3 is 23.5 Å². The van der Waals surface area contributed by atoms with Crippen molar-refractivity contribution in [2.45, 2.75) is 153 Å². The molecule has 0 radical (unpaired) electrons. The van der Waals surface area contributed by atoms with Crippen LogP contribution in [-0.2, 0) is 85.8 Å². The van der Waals surface area contributed by atoms with Gasteiger partial charge in [0.05, 0.1) is 39.6 Å². The molecule has 8 atom stereocenters. The number of phosphoric ester groups is 3. The Bertz CT molecular complexity index is 2020. The van der Waals surface area contributed by atoms with Gasteiger partial charge in [0.2, 0.25) is 0 Å². The van der Waals surface area contributed by atoms with Crippen molar-refractivity contribution in [3.63, 3.8) is 0 Å². The topological polar surface area (TPSA) is 250 Å². The van der Waals surface area contributed by atoms with E-state index in [1.54, 1.807) is 121 Å². The molecule has 4 aromatic rings. The van der Waals surface area contributed by atoms with Crippen LogP contribution in [0.3, 0.4) is 0 Å². The summed E-state index contributed by atoms with van der Waals surface area (Å²) in [5.41, 5.74) is 7.84. The standard InChI is InChI=1S/C53H78NO17P3/c1-2-3-4-5-10-25-36-63-47(41-62-35-24-9-7-6-8-23-34-54)42-64-72(58,59)69-51-48(55)52(70-73(60,65-37-43-26-15-11-16-27-43)66-38-44-28-17-12-18-29-44)50(57)53(49(51)56)71-74(61,67-39-45-30-19-13-20-31-45)68-40-46-32-21-14-22-33-46/h11-22,26-33,47-53,55-57H,2-10,23-25,34-42,54H2,1H3,(H,58,59)/t47-,48+,49+,50?,51?,52-,53+/m1/s1. The largest absolute Gasteiger partial charge is 0.475 e. The van der Waals surface area contributed by atoms with E-state index < -0.39 is 72.8 Å². The second-order valence-electron chi connectivity index (χ2n) is 18.1. The molecule has 21 heteroatoms. The molecular weight excluding hydrogens is 1020 g/mol.